The second-order valence-electron chi connectivity index (χ2n) is 14.7. The maximum atomic E-state index is 12.6. The molecule has 0 aliphatic heterocycles. The highest BCUT2D eigenvalue weighted by molar-refractivity contribution is 7.47. The van der Waals surface area contributed by atoms with Crippen LogP contribution in [0.5, 0.6) is 0 Å². The molecule has 0 aromatic heterocycles. The van der Waals surface area contributed by atoms with E-state index in [1.165, 1.54) is 109 Å². The molecule has 55 heavy (non-hydrogen) atoms. The number of hydrogen-bond donors (Lipinski definition) is 3. The second-order valence-corrected chi connectivity index (χ2v) is 16.2. The number of hydrogen-bond acceptors (Lipinski definition) is 9. The monoisotopic (exact) mass is 801 g/mol. The summed E-state index contributed by atoms with van der Waals surface area (Å²) in [5, 5.41) is 18.3. The van der Waals surface area contributed by atoms with Crippen LogP contribution in [0.3, 0.4) is 0 Å². The van der Waals surface area contributed by atoms with Gasteiger partial charge in [-0.2, -0.15) is 0 Å². The molecule has 0 saturated carbocycles. The van der Waals surface area contributed by atoms with E-state index in [0.29, 0.717) is 12.8 Å². The van der Waals surface area contributed by atoms with Gasteiger partial charge >= 0.3 is 19.8 Å². The van der Waals surface area contributed by atoms with Crippen LogP contribution in [0.25, 0.3) is 0 Å². The van der Waals surface area contributed by atoms with Crippen LogP contribution in [-0.4, -0.2) is 65.7 Å². The van der Waals surface area contributed by atoms with Crippen LogP contribution < -0.4 is 0 Å². The molecule has 3 N–H and O–H groups in total. The summed E-state index contributed by atoms with van der Waals surface area (Å²) in [5.74, 6) is -0.963. The van der Waals surface area contributed by atoms with E-state index in [4.69, 9.17) is 19.1 Å². The second kappa shape index (κ2) is 40.4. The normalized spacial score (nSPS) is 14.2. The van der Waals surface area contributed by atoms with Crippen molar-refractivity contribution in [1.82, 2.24) is 0 Å². The van der Waals surface area contributed by atoms with Gasteiger partial charge in [0.15, 0.2) is 6.10 Å². The van der Waals surface area contributed by atoms with Crippen molar-refractivity contribution in [1.29, 1.82) is 0 Å². The molecule has 0 saturated heterocycles. The summed E-state index contributed by atoms with van der Waals surface area (Å²) < 4.78 is 32.7. The predicted octanol–water partition coefficient (Wildman–Crippen LogP) is 11.6. The van der Waals surface area contributed by atoms with Gasteiger partial charge in [0, 0.05) is 12.8 Å². The van der Waals surface area contributed by atoms with Gasteiger partial charge in [0.25, 0.3) is 0 Å². The van der Waals surface area contributed by atoms with Crippen LogP contribution in [0.1, 0.15) is 194 Å². The van der Waals surface area contributed by atoms with Gasteiger partial charge in [-0.15, -0.1) is 0 Å². The minimum Gasteiger partial charge on any atom is -0.462 e. The van der Waals surface area contributed by atoms with E-state index >= 15 is 0 Å². The Kier molecular flexibility index (Phi) is 39.1. The summed E-state index contributed by atoms with van der Waals surface area (Å²) in [6, 6.07) is 0. The molecular weight excluding hydrogens is 719 g/mol. The van der Waals surface area contributed by atoms with Crippen LogP contribution in [0, 0.1) is 0 Å². The van der Waals surface area contributed by atoms with Gasteiger partial charge in [-0.05, 0) is 70.6 Å². The number of aliphatic hydroxyl groups excluding tert-OH is 2. The molecule has 0 aromatic rings. The molecule has 3 atom stereocenters. The molecule has 0 radical (unpaired) electrons. The molecule has 0 aliphatic rings. The lowest BCUT2D eigenvalue weighted by Gasteiger charge is -2.20. The van der Waals surface area contributed by atoms with E-state index in [-0.39, 0.29) is 19.4 Å². The number of carbonyl (C=O) groups excluding carboxylic acids is 2. The Bertz CT molecular complexity index is 1010. The average Bonchev–Trinajstić information content (AvgIpc) is 3.17. The van der Waals surface area contributed by atoms with E-state index in [1.54, 1.807) is 0 Å². The molecule has 0 fully saturated rings. The average molecular weight is 801 g/mol. The van der Waals surface area contributed by atoms with Crippen molar-refractivity contribution in [2.45, 2.75) is 206 Å². The number of carbonyl (C=O) groups is 2. The first-order valence-corrected chi connectivity index (χ1v) is 23.4. The molecular formula is C44H81O10P. The Labute approximate surface area is 335 Å². The first-order valence-electron chi connectivity index (χ1n) is 21.9. The largest absolute Gasteiger partial charge is 0.472 e. The maximum Gasteiger partial charge on any atom is 0.472 e. The third-order valence-electron chi connectivity index (χ3n) is 9.27. The molecule has 0 aliphatic carbocycles. The van der Waals surface area contributed by atoms with Crippen molar-refractivity contribution in [3.63, 3.8) is 0 Å². The third-order valence-corrected chi connectivity index (χ3v) is 10.2. The fraction of sp³-hybridized carbons (Fsp3) is 0.818. The van der Waals surface area contributed by atoms with Gasteiger partial charge in [0.1, 0.15) is 12.7 Å². The number of unbranched alkanes of at least 4 members (excludes halogenated alkanes) is 21. The van der Waals surface area contributed by atoms with Crippen LogP contribution >= 0.6 is 7.82 Å². The molecule has 0 aromatic carbocycles. The highest BCUT2D eigenvalue weighted by Crippen LogP contribution is 2.43. The zero-order valence-electron chi connectivity index (χ0n) is 34.9. The summed E-state index contributed by atoms with van der Waals surface area (Å²) in [6.07, 6.45) is 41.1. The fourth-order valence-corrected chi connectivity index (χ4v) is 6.63. The zero-order valence-corrected chi connectivity index (χ0v) is 35.8. The molecule has 0 rings (SSSR count). The summed E-state index contributed by atoms with van der Waals surface area (Å²) in [4.78, 5) is 35.0. The highest BCUT2D eigenvalue weighted by Gasteiger charge is 2.27. The molecule has 0 heterocycles. The van der Waals surface area contributed by atoms with Gasteiger partial charge in [-0.25, -0.2) is 4.57 Å². The number of allylic oxidation sites excluding steroid dienone is 6. The van der Waals surface area contributed by atoms with Crippen molar-refractivity contribution in [3.05, 3.63) is 36.5 Å². The Balaban J connectivity index is 4.33. The minimum absolute atomic E-state index is 0.142. The van der Waals surface area contributed by atoms with E-state index in [2.05, 4.69) is 54.8 Å². The first kappa shape index (κ1) is 53.2. The van der Waals surface area contributed by atoms with E-state index < -0.39 is 51.8 Å². The standard InChI is InChI=1S/C44H81O10P/c1-3-5-7-9-11-13-15-17-19-20-22-23-25-27-29-31-33-35-43(47)51-39-42(40-53-55(49,50)52-38-41(46)37-45)54-44(48)36-34-32-30-28-26-24-21-18-16-14-12-10-8-6-4-2/h13,15,18,21,26,28,41-42,45-46H,3-12,14,16-17,19-20,22-25,27,29-40H2,1-2H3,(H,49,50)/b15-13+,21-18+,28-26+/t41-,42+/m0/s1. The first-order chi connectivity index (χ1) is 26.7. The van der Waals surface area contributed by atoms with Gasteiger partial charge < -0.3 is 24.6 Å². The van der Waals surface area contributed by atoms with Gasteiger partial charge in [0.2, 0.25) is 0 Å². The summed E-state index contributed by atoms with van der Waals surface area (Å²) in [6.45, 7) is 2.33. The van der Waals surface area contributed by atoms with Crippen LogP contribution in [0.2, 0.25) is 0 Å². The topological polar surface area (TPSA) is 149 Å². The Morgan fingerprint density at radius 1 is 0.545 bits per heavy atom. The number of phosphoric acid groups is 1. The molecule has 0 amide bonds. The predicted molar refractivity (Wildman–Crippen MR) is 224 cm³/mol. The van der Waals surface area contributed by atoms with Gasteiger partial charge in [-0.3, -0.25) is 18.6 Å². The minimum atomic E-state index is -4.62. The Morgan fingerprint density at radius 3 is 1.47 bits per heavy atom. The quantitative estimate of drug-likeness (QED) is 0.0236. The number of phosphoric ester groups is 1. The number of ether oxygens (including phenoxy) is 2. The SMILES string of the molecule is CCCCCC/C=C/CCCCCCCCCCCC(=O)OC[C@H](COP(=O)(O)OC[C@@H](O)CO)OC(=O)CCCC/C=C/C/C=C/CCCCCCCC. The fourth-order valence-electron chi connectivity index (χ4n) is 5.84. The molecule has 1 unspecified atom stereocenters. The summed E-state index contributed by atoms with van der Waals surface area (Å²) in [5.41, 5.74) is 0. The third kappa shape index (κ3) is 40.2. The number of aliphatic hydroxyl groups is 2. The smallest absolute Gasteiger partial charge is 0.462 e. The van der Waals surface area contributed by atoms with E-state index in [0.717, 1.165) is 44.9 Å². The van der Waals surface area contributed by atoms with Crippen LogP contribution in [-0.2, 0) is 32.7 Å². The Hall–Kier alpha value is -1.81. The van der Waals surface area contributed by atoms with Gasteiger partial charge in [0.05, 0.1) is 19.8 Å². The molecule has 322 valence electrons. The number of esters is 2. The van der Waals surface area contributed by atoms with Crippen molar-refractivity contribution in [2.24, 2.45) is 0 Å². The molecule has 10 nitrogen and oxygen atoms in total. The lowest BCUT2D eigenvalue weighted by molar-refractivity contribution is -0.161. The summed E-state index contributed by atoms with van der Waals surface area (Å²) >= 11 is 0. The molecule has 0 bridgehead atoms. The van der Waals surface area contributed by atoms with Crippen molar-refractivity contribution < 1.29 is 47.8 Å². The highest BCUT2D eigenvalue weighted by atomic mass is 31.2. The zero-order chi connectivity index (χ0) is 40.5. The van der Waals surface area contributed by atoms with Crippen LogP contribution in [0.4, 0.5) is 0 Å². The lowest BCUT2D eigenvalue weighted by atomic mass is 10.1. The van der Waals surface area contributed by atoms with Gasteiger partial charge in [-0.1, -0.05) is 147 Å². The van der Waals surface area contributed by atoms with Crippen molar-refractivity contribution in [2.75, 3.05) is 26.4 Å². The molecule has 0 spiro atoms. The lowest BCUT2D eigenvalue weighted by Crippen LogP contribution is -2.29. The van der Waals surface area contributed by atoms with E-state index in [1.807, 2.05) is 0 Å². The Morgan fingerprint density at radius 2 is 0.945 bits per heavy atom. The van der Waals surface area contributed by atoms with Crippen LogP contribution in [0.15, 0.2) is 36.5 Å². The maximum absolute atomic E-state index is 12.6. The summed E-state index contributed by atoms with van der Waals surface area (Å²) in [7, 11) is -4.62. The number of rotatable bonds is 41. The van der Waals surface area contributed by atoms with E-state index in [9.17, 15) is 24.2 Å². The van der Waals surface area contributed by atoms with Crippen molar-refractivity contribution in [3.8, 4) is 0 Å². The van der Waals surface area contributed by atoms with Crippen molar-refractivity contribution >= 4 is 19.8 Å². The molecule has 11 heteroatoms.